The molecule has 8 atom stereocenters. The molecule has 0 heterocycles. The maximum Gasteiger partial charge on any atom is 0.338 e. The molecule has 0 aromatic rings. The Balaban J connectivity index is 1.62. The summed E-state index contributed by atoms with van der Waals surface area (Å²) in [5.41, 5.74) is 0.367. The highest BCUT2D eigenvalue weighted by molar-refractivity contribution is 5.76. The molecule has 30 heavy (non-hydrogen) atoms. The minimum absolute atomic E-state index is 0.252. The van der Waals surface area contributed by atoms with Gasteiger partial charge in [-0.15, -0.1) is 0 Å². The zero-order valence-corrected chi connectivity index (χ0v) is 19.4. The SMILES string of the molecule is CCO[C@H]1CC[C@@]2(C)C(=CC[C@@H]3[C@@H]2CC[C@@]2(C)[C@H]3CC[C@@]2(O)C(OC)C(=O)OC)C1. The number of hydrogen-bond acceptors (Lipinski definition) is 5. The van der Waals surface area contributed by atoms with Crippen LogP contribution in [0, 0.1) is 28.6 Å². The summed E-state index contributed by atoms with van der Waals surface area (Å²) in [6.07, 6.45) is 10.1. The lowest BCUT2D eigenvalue weighted by molar-refractivity contribution is -0.201. The maximum absolute atomic E-state index is 12.4. The first-order valence-corrected chi connectivity index (χ1v) is 11.9. The third-order valence-electron chi connectivity index (χ3n) is 9.76. The third kappa shape index (κ3) is 3.02. The summed E-state index contributed by atoms with van der Waals surface area (Å²) >= 11 is 0. The van der Waals surface area contributed by atoms with Gasteiger partial charge in [0.25, 0.3) is 0 Å². The highest BCUT2D eigenvalue weighted by Crippen LogP contribution is 2.67. The monoisotopic (exact) mass is 420 g/mol. The molecular formula is C25H40O5. The van der Waals surface area contributed by atoms with Gasteiger partial charge in [-0.1, -0.05) is 25.5 Å². The van der Waals surface area contributed by atoms with E-state index in [9.17, 15) is 9.90 Å². The fourth-order valence-electron chi connectivity index (χ4n) is 8.08. The predicted molar refractivity (Wildman–Crippen MR) is 115 cm³/mol. The Bertz CT molecular complexity index is 704. The Morgan fingerprint density at radius 2 is 1.90 bits per heavy atom. The van der Waals surface area contributed by atoms with Crippen molar-refractivity contribution < 1.29 is 24.1 Å². The average Bonchev–Trinajstić information content (AvgIpc) is 3.00. The number of carbonyl (C=O) groups excluding carboxylic acids is 1. The largest absolute Gasteiger partial charge is 0.467 e. The van der Waals surface area contributed by atoms with Crippen LogP contribution in [0.25, 0.3) is 0 Å². The van der Waals surface area contributed by atoms with Gasteiger partial charge in [0.1, 0.15) is 5.60 Å². The van der Waals surface area contributed by atoms with Crippen LogP contribution in [0.2, 0.25) is 0 Å². The Kier molecular flexibility index (Phi) is 5.87. The molecule has 0 bridgehead atoms. The molecule has 0 saturated heterocycles. The van der Waals surface area contributed by atoms with Gasteiger partial charge in [-0.2, -0.15) is 0 Å². The number of ether oxygens (including phenoxy) is 3. The number of allylic oxidation sites excluding steroid dienone is 1. The maximum atomic E-state index is 12.4. The first kappa shape index (κ1) is 22.3. The number of esters is 1. The molecule has 170 valence electrons. The van der Waals surface area contributed by atoms with Gasteiger partial charge < -0.3 is 19.3 Å². The number of hydrogen-bond donors (Lipinski definition) is 1. The average molecular weight is 421 g/mol. The molecule has 0 aromatic heterocycles. The molecule has 3 saturated carbocycles. The van der Waals surface area contributed by atoms with Crippen molar-refractivity contribution in [1.82, 2.24) is 0 Å². The summed E-state index contributed by atoms with van der Waals surface area (Å²) in [6.45, 7) is 7.56. The lowest BCUT2D eigenvalue weighted by Crippen LogP contribution is -2.61. The summed E-state index contributed by atoms with van der Waals surface area (Å²) in [6, 6.07) is 0. The molecule has 0 aromatic carbocycles. The van der Waals surface area contributed by atoms with Gasteiger partial charge in [0.15, 0.2) is 6.10 Å². The third-order valence-corrected chi connectivity index (χ3v) is 9.76. The number of aliphatic hydroxyl groups is 1. The number of fused-ring (bicyclic) bond motifs is 5. The van der Waals surface area contributed by atoms with E-state index in [1.54, 1.807) is 5.57 Å². The van der Waals surface area contributed by atoms with E-state index < -0.39 is 17.7 Å². The normalized spacial score (nSPS) is 46.3. The molecule has 1 N–H and O–H groups in total. The molecule has 0 amide bonds. The minimum Gasteiger partial charge on any atom is -0.467 e. The van der Waals surface area contributed by atoms with Crippen LogP contribution in [0.5, 0.6) is 0 Å². The Hall–Kier alpha value is -0.910. The molecule has 0 spiro atoms. The van der Waals surface area contributed by atoms with Crippen LogP contribution in [-0.4, -0.2) is 49.7 Å². The van der Waals surface area contributed by atoms with E-state index in [4.69, 9.17) is 14.2 Å². The quantitative estimate of drug-likeness (QED) is 0.531. The zero-order valence-electron chi connectivity index (χ0n) is 19.4. The summed E-state index contributed by atoms with van der Waals surface area (Å²) in [4.78, 5) is 12.4. The van der Waals surface area contributed by atoms with Gasteiger partial charge in [0.05, 0.1) is 13.2 Å². The Morgan fingerprint density at radius 3 is 2.57 bits per heavy atom. The molecule has 5 nitrogen and oxygen atoms in total. The van der Waals surface area contributed by atoms with E-state index in [-0.39, 0.29) is 10.8 Å². The number of carbonyl (C=O) groups is 1. The second kappa shape index (κ2) is 7.90. The van der Waals surface area contributed by atoms with Crippen LogP contribution in [0.15, 0.2) is 11.6 Å². The highest BCUT2D eigenvalue weighted by Gasteiger charge is 2.67. The van der Waals surface area contributed by atoms with E-state index in [2.05, 4.69) is 26.8 Å². The second-order valence-electron chi connectivity index (χ2n) is 10.6. The lowest BCUT2D eigenvalue weighted by atomic mass is 9.46. The topological polar surface area (TPSA) is 65.0 Å². The van der Waals surface area contributed by atoms with Crippen molar-refractivity contribution in [3.8, 4) is 0 Å². The molecular weight excluding hydrogens is 380 g/mol. The van der Waals surface area contributed by atoms with E-state index >= 15 is 0 Å². The standard InChI is InChI=1S/C25H40O5/c1-6-30-17-9-12-23(2)16(15-17)7-8-18-19(23)10-13-24(3)20(18)11-14-25(24,27)21(28-4)22(26)29-5/h7,17-21,27H,6,8-15H2,1-5H3/t17-,18+,19-,20-,21?,23-,24-,25+/m0/s1. The van der Waals surface area contributed by atoms with Gasteiger partial charge >= 0.3 is 5.97 Å². The van der Waals surface area contributed by atoms with Crippen LogP contribution in [-0.2, 0) is 19.0 Å². The van der Waals surface area contributed by atoms with E-state index in [0.29, 0.717) is 30.3 Å². The second-order valence-corrected chi connectivity index (χ2v) is 10.6. The van der Waals surface area contributed by atoms with Gasteiger partial charge in [0, 0.05) is 19.1 Å². The van der Waals surface area contributed by atoms with Crippen molar-refractivity contribution in [3.05, 3.63) is 11.6 Å². The Morgan fingerprint density at radius 1 is 1.17 bits per heavy atom. The van der Waals surface area contributed by atoms with Gasteiger partial charge in [-0.3, -0.25) is 0 Å². The van der Waals surface area contributed by atoms with Crippen LogP contribution in [0.4, 0.5) is 0 Å². The predicted octanol–water partition coefficient (Wildman–Crippen LogP) is 4.27. The lowest BCUT2D eigenvalue weighted by Gasteiger charge is -2.59. The molecule has 4 aliphatic rings. The number of rotatable bonds is 5. The van der Waals surface area contributed by atoms with Gasteiger partial charge in [-0.05, 0) is 81.5 Å². The van der Waals surface area contributed by atoms with Crippen LogP contribution >= 0.6 is 0 Å². The first-order chi connectivity index (χ1) is 14.2. The van der Waals surface area contributed by atoms with Crippen molar-refractivity contribution in [3.63, 3.8) is 0 Å². The van der Waals surface area contributed by atoms with Crippen LogP contribution in [0.3, 0.4) is 0 Å². The summed E-state index contributed by atoms with van der Waals surface area (Å²) in [7, 11) is 2.88. The molecule has 5 heteroatoms. The summed E-state index contributed by atoms with van der Waals surface area (Å²) < 4.78 is 16.5. The molecule has 3 fully saturated rings. The first-order valence-electron chi connectivity index (χ1n) is 11.9. The molecule has 4 rings (SSSR count). The molecule has 1 unspecified atom stereocenters. The van der Waals surface area contributed by atoms with Crippen molar-refractivity contribution in [2.45, 2.75) is 89.9 Å². The highest BCUT2D eigenvalue weighted by atomic mass is 16.6. The molecule has 4 aliphatic carbocycles. The van der Waals surface area contributed by atoms with E-state index in [1.165, 1.54) is 20.6 Å². The Labute approximate surface area is 181 Å². The smallest absolute Gasteiger partial charge is 0.338 e. The number of methoxy groups -OCH3 is 2. The van der Waals surface area contributed by atoms with Gasteiger partial charge in [-0.25, -0.2) is 4.79 Å². The van der Waals surface area contributed by atoms with Crippen molar-refractivity contribution in [1.29, 1.82) is 0 Å². The summed E-state index contributed by atoms with van der Waals surface area (Å²) in [5, 5.41) is 11.8. The van der Waals surface area contributed by atoms with Gasteiger partial charge in [0.2, 0.25) is 0 Å². The van der Waals surface area contributed by atoms with E-state index in [0.717, 1.165) is 45.1 Å². The zero-order chi connectivity index (χ0) is 21.7. The summed E-state index contributed by atoms with van der Waals surface area (Å²) in [5.74, 6) is 1.16. The van der Waals surface area contributed by atoms with Crippen molar-refractivity contribution >= 4 is 5.97 Å². The molecule has 0 aliphatic heterocycles. The van der Waals surface area contributed by atoms with Crippen molar-refractivity contribution in [2.24, 2.45) is 28.6 Å². The van der Waals surface area contributed by atoms with Crippen LogP contribution < -0.4 is 0 Å². The molecule has 0 radical (unpaired) electrons. The van der Waals surface area contributed by atoms with Crippen LogP contribution in [0.1, 0.15) is 72.1 Å². The van der Waals surface area contributed by atoms with E-state index in [1.807, 2.05) is 0 Å². The fourth-order valence-corrected chi connectivity index (χ4v) is 8.08. The fraction of sp³-hybridized carbons (Fsp3) is 0.880. The minimum atomic E-state index is -1.16. The van der Waals surface area contributed by atoms with Crippen molar-refractivity contribution in [2.75, 3.05) is 20.8 Å².